The van der Waals surface area contributed by atoms with Crippen LogP contribution in [-0.2, 0) is 26.1 Å². The number of hydrogen-bond donors (Lipinski definition) is 0. The second-order valence-corrected chi connectivity index (χ2v) is 14.0. The van der Waals surface area contributed by atoms with Crippen LogP contribution in [0.15, 0.2) is 42.5 Å². The molecule has 4 aromatic rings. The smallest absolute Gasteiger partial charge is 0.318 e. The first kappa shape index (κ1) is 30.4. The first-order valence-corrected chi connectivity index (χ1v) is 17.0. The molecule has 2 fully saturated rings. The molecule has 10 nitrogen and oxygen atoms in total. The lowest BCUT2D eigenvalue weighted by Crippen LogP contribution is -2.43. The monoisotopic (exact) mass is 658 g/mol. The predicted molar refractivity (Wildman–Crippen MR) is 180 cm³/mol. The van der Waals surface area contributed by atoms with E-state index < -0.39 is 6.17 Å². The van der Waals surface area contributed by atoms with Crippen LogP contribution < -0.4 is 14.5 Å². The van der Waals surface area contributed by atoms with Gasteiger partial charge in [0.05, 0.1) is 35.0 Å². The van der Waals surface area contributed by atoms with Crippen molar-refractivity contribution in [2.75, 3.05) is 56.7 Å². The van der Waals surface area contributed by atoms with Gasteiger partial charge in [-0.15, -0.1) is 0 Å². The van der Waals surface area contributed by atoms with Crippen molar-refractivity contribution in [1.82, 2.24) is 29.5 Å². The van der Waals surface area contributed by atoms with Crippen molar-refractivity contribution in [3.8, 4) is 6.01 Å². The number of hydrogen-bond acceptors (Lipinski definition) is 8. The van der Waals surface area contributed by atoms with Crippen LogP contribution in [0, 0.1) is 0 Å². The molecule has 0 radical (unpaired) electrons. The molecule has 0 N–H and O–H groups in total. The summed E-state index contributed by atoms with van der Waals surface area (Å²) in [6.45, 7) is 5.20. The molecule has 47 heavy (non-hydrogen) atoms. The summed E-state index contributed by atoms with van der Waals surface area (Å²) in [7, 11) is 3.49. The Morgan fingerprint density at radius 1 is 1.06 bits per heavy atom. The molecule has 0 bridgehead atoms. The molecule has 6 heterocycles. The summed E-state index contributed by atoms with van der Waals surface area (Å²) in [6, 6.07) is 14.5. The van der Waals surface area contributed by atoms with Crippen molar-refractivity contribution in [3.05, 3.63) is 70.1 Å². The Bertz CT molecular complexity index is 1840. The molecule has 8 rings (SSSR count). The molecule has 1 amide bonds. The summed E-state index contributed by atoms with van der Waals surface area (Å²) in [4.78, 5) is 31.3. The van der Waals surface area contributed by atoms with Crippen molar-refractivity contribution in [2.45, 2.75) is 63.4 Å². The van der Waals surface area contributed by atoms with Crippen molar-refractivity contribution in [2.24, 2.45) is 0 Å². The number of rotatable bonds is 6. The number of fused-ring (bicyclic) bond motifs is 4. The number of ether oxygens (including phenoxy) is 1. The van der Waals surface area contributed by atoms with Gasteiger partial charge in [0.2, 0.25) is 0 Å². The van der Waals surface area contributed by atoms with Crippen LogP contribution in [0.4, 0.5) is 15.9 Å². The first-order chi connectivity index (χ1) is 22.8. The van der Waals surface area contributed by atoms with Gasteiger partial charge < -0.3 is 19.4 Å². The van der Waals surface area contributed by atoms with Gasteiger partial charge >= 0.3 is 6.01 Å². The second kappa shape index (κ2) is 11.9. The zero-order chi connectivity index (χ0) is 32.3. The first-order valence-electron chi connectivity index (χ1n) is 16.7. The van der Waals surface area contributed by atoms with E-state index in [0.717, 1.165) is 96.1 Å². The molecule has 0 saturated carbocycles. The third kappa shape index (κ3) is 5.47. The molecule has 2 aromatic carbocycles. The van der Waals surface area contributed by atoms with Crippen LogP contribution in [0.1, 0.15) is 53.1 Å². The number of aromatic nitrogens is 4. The van der Waals surface area contributed by atoms with Gasteiger partial charge in [0.15, 0.2) is 5.69 Å². The lowest BCUT2D eigenvalue weighted by atomic mass is 9.95. The third-order valence-corrected chi connectivity index (χ3v) is 10.7. The van der Waals surface area contributed by atoms with Crippen molar-refractivity contribution < 1.29 is 13.9 Å². The minimum Gasteiger partial charge on any atom is -0.461 e. The van der Waals surface area contributed by atoms with Gasteiger partial charge in [0, 0.05) is 63.3 Å². The van der Waals surface area contributed by atoms with Crippen LogP contribution in [0.3, 0.4) is 0 Å². The molecule has 2 saturated heterocycles. The van der Waals surface area contributed by atoms with Gasteiger partial charge in [-0.3, -0.25) is 14.4 Å². The Morgan fingerprint density at radius 3 is 2.77 bits per heavy atom. The van der Waals surface area contributed by atoms with E-state index in [-0.39, 0.29) is 11.4 Å². The number of anilines is 2. The van der Waals surface area contributed by atoms with Crippen molar-refractivity contribution >= 4 is 39.8 Å². The van der Waals surface area contributed by atoms with Crippen molar-refractivity contribution in [1.29, 1.82) is 0 Å². The molecule has 12 heteroatoms. The Labute approximate surface area is 279 Å². The molecule has 2 aromatic heterocycles. The lowest BCUT2D eigenvalue weighted by Gasteiger charge is -2.34. The zero-order valence-corrected chi connectivity index (χ0v) is 27.7. The number of benzene rings is 2. The van der Waals surface area contributed by atoms with E-state index in [4.69, 9.17) is 26.3 Å². The van der Waals surface area contributed by atoms with Gasteiger partial charge in [-0.1, -0.05) is 35.9 Å². The largest absolute Gasteiger partial charge is 0.461 e. The highest BCUT2D eigenvalue weighted by molar-refractivity contribution is 6.36. The Kier molecular flexibility index (Phi) is 7.71. The van der Waals surface area contributed by atoms with Gasteiger partial charge in [0.1, 0.15) is 18.6 Å². The molecule has 4 aliphatic rings. The van der Waals surface area contributed by atoms with E-state index in [1.54, 1.807) is 19.0 Å². The number of halogens is 2. The Morgan fingerprint density at radius 2 is 1.91 bits per heavy atom. The second-order valence-electron chi connectivity index (χ2n) is 13.6. The molecule has 0 unspecified atom stereocenters. The summed E-state index contributed by atoms with van der Waals surface area (Å²) in [5, 5.41) is 7.51. The zero-order valence-electron chi connectivity index (χ0n) is 27.0. The summed E-state index contributed by atoms with van der Waals surface area (Å²) < 4.78 is 23.0. The molecular weight excluding hydrogens is 619 g/mol. The average molecular weight is 659 g/mol. The topological polar surface area (TPSA) is 82.9 Å². The fourth-order valence-electron chi connectivity index (χ4n) is 8.08. The van der Waals surface area contributed by atoms with Crippen LogP contribution in [-0.4, -0.2) is 94.0 Å². The van der Waals surface area contributed by atoms with Crippen LogP contribution in [0.5, 0.6) is 6.01 Å². The summed E-state index contributed by atoms with van der Waals surface area (Å²) in [5.74, 6) is 0.759. The molecule has 4 aliphatic heterocycles. The normalized spacial score (nSPS) is 22.6. The van der Waals surface area contributed by atoms with E-state index in [1.807, 2.05) is 22.9 Å². The van der Waals surface area contributed by atoms with E-state index in [1.165, 1.54) is 0 Å². The Hall–Kier alpha value is -3.96. The maximum atomic E-state index is 14.6. The fraction of sp³-hybridized carbons (Fsp3) is 0.486. The molecule has 2 atom stereocenters. The fourth-order valence-corrected chi connectivity index (χ4v) is 8.36. The number of aryl methyl sites for hydroxylation is 1. The van der Waals surface area contributed by atoms with Gasteiger partial charge in [-0.25, -0.2) is 4.39 Å². The summed E-state index contributed by atoms with van der Waals surface area (Å²) >= 11 is 6.75. The maximum Gasteiger partial charge on any atom is 0.318 e. The van der Waals surface area contributed by atoms with Crippen LogP contribution >= 0.6 is 11.6 Å². The molecule has 0 spiro atoms. The quantitative estimate of drug-likeness (QED) is 0.283. The highest BCUT2D eigenvalue weighted by Crippen LogP contribution is 2.41. The van der Waals surface area contributed by atoms with Crippen LogP contribution in [0.25, 0.3) is 10.8 Å². The molecule has 0 aliphatic carbocycles. The maximum absolute atomic E-state index is 14.6. The number of amides is 1. The van der Waals surface area contributed by atoms with Gasteiger partial charge in [-0.05, 0) is 55.8 Å². The van der Waals surface area contributed by atoms with Gasteiger partial charge in [0.25, 0.3) is 5.91 Å². The minimum absolute atomic E-state index is 0.108. The van der Waals surface area contributed by atoms with E-state index in [9.17, 15) is 9.18 Å². The highest BCUT2D eigenvalue weighted by Gasteiger charge is 2.49. The van der Waals surface area contributed by atoms with E-state index >= 15 is 0 Å². The average Bonchev–Trinajstić information content (AvgIpc) is 3.69. The van der Waals surface area contributed by atoms with Gasteiger partial charge in [-0.2, -0.15) is 15.1 Å². The molecular formula is C35H40ClFN8O2. The van der Waals surface area contributed by atoms with Crippen molar-refractivity contribution in [3.63, 3.8) is 0 Å². The summed E-state index contributed by atoms with van der Waals surface area (Å²) in [5.41, 5.74) is 4.26. The number of carbonyl (C=O) groups is 1. The highest BCUT2D eigenvalue weighted by atomic mass is 35.5. The SMILES string of the molecule is CN(C)C(=O)c1cc2n(n1)CCCN(c1nc(OC[C@@]34CCCN3C[C@H](F)C4)nc3c1CCN(c1cccc4cccc(Cl)c14)C3)C2. The molecule has 246 valence electrons. The summed E-state index contributed by atoms with van der Waals surface area (Å²) in [6.07, 6.45) is 3.25. The van der Waals surface area contributed by atoms with E-state index in [2.05, 4.69) is 44.1 Å². The standard InChI is InChI=1S/C35H40ClFN8O2/c1-41(2)33(46)28-17-25-20-43(13-6-15-45(25)40-28)32-26-11-16-42(30-10-4-8-23-7-3-9-27(36)31(23)30)21-29(26)38-34(39-32)47-22-35-12-5-14-44(35)19-24(37)18-35/h3-4,7-10,17,24H,5-6,11-16,18-22H2,1-2H3/t24-,35+/m1/s1. The number of alkyl halides is 1. The number of nitrogens with zero attached hydrogens (tertiary/aromatic N) is 8. The third-order valence-electron chi connectivity index (χ3n) is 10.4. The number of carbonyl (C=O) groups excluding carboxylic acids is 1. The Balaban J connectivity index is 1.15. The minimum atomic E-state index is -0.828. The lowest BCUT2D eigenvalue weighted by molar-refractivity contribution is 0.0821. The van der Waals surface area contributed by atoms with E-state index in [0.29, 0.717) is 44.4 Å². The van der Waals surface area contributed by atoms with Crippen LogP contribution in [0.2, 0.25) is 5.02 Å². The predicted octanol–water partition coefficient (Wildman–Crippen LogP) is 5.11.